The van der Waals surface area contributed by atoms with Crippen molar-refractivity contribution >= 4 is 5.91 Å². The monoisotopic (exact) mass is 224 g/mol. The molecule has 3 nitrogen and oxygen atoms in total. The van der Waals surface area contributed by atoms with Crippen LogP contribution in [0.15, 0.2) is 0 Å². The predicted molar refractivity (Wildman–Crippen MR) is 64.8 cm³/mol. The van der Waals surface area contributed by atoms with E-state index in [0.717, 1.165) is 13.0 Å². The number of hydrogen-bond donors (Lipinski definition) is 2. The van der Waals surface area contributed by atoms with Crippen LogP contribution in [0.3, 0.4) is 0 Å². The molecule has 2 bridgehead atoms. The number of carbonyl (C=O) groups excluding carboxylic acids is 1. The van der Waals surface area contributed by atoms with Crippen LogP contribution >= 0.6 is 0 Å². The first kappa shape index (κ1) is 11.9. The average molecular weight is 224 g/mol. The van der Waals surface area contributed by atoms with Crippen LogP contribution in [0.2, 0.25) is 0 Å². The third kappa shape index (κ3) is 2.10. The maximum Gasteiger partial charge on any atom is 0.224 e. The Balaban J connectivity index is 1.86. The average Bonchev–Trinajstić information content (AvgIpc) is 2.85. The SMILES string of the molecule is CCC(C)CNC(=O)C1C2CCC(C2)C1N. The van der Waals surface area contributed by atoms with Crippen molar-refractivity contribution in [1.29, 1.82) is 0 Å². The zero-order valence-corrected chi connectivity index (χ0v) is 10.4. The van der Waals surface area contributed by atoms with Crippen LogP contribution in [0.25, 0.3) is 0 Å². The molecule has 0 radical (unpaired) electrons. The van der Waals surface area contributed by atoms with Crippen LogP contribution in [0, 0.1) is 23.7 Å². The van der Waals surface area contributed by atoms with Crippen LogP contribution in [0.4, 0.5) is 0 Å². The first-order valence-electron chi connectivity index (χ1n) is 6.66. The zero-order valence-electron chi connectivity index (χ0n) is 10.4. The minimum absolute atomic E-state index is 0.0998. The molecule has 2 fully saturated rings. The Morgan fingerprint density at radius 2 is 2.12 bits per heavy atom. The molecule has 2 aliphatic rings. The molecule has 0 spiro atoms. The van der Waals surface area contributed by atoms with Crippen molar-refractivity contribution in [1.82, 2.24) is 5.32 Å². The Morgan fingerprint density at radius 1 is 1.44 bits per heavy atom. The Kier molecular flexibility index (Phi) is 3.53. The number of fused-ring (bicyclic) bond motifs is 2. The highest BCUT2D eigenvalue weighted by Crippen LogP contribution is 2.47. The molecule has 0 aromatic heterocycles. The molecule has 92 valence electrons. The smallest absolute Gasteiger partial charge is 0.224 e. The largest absolute Gasteiger partial charge is 0.356 e. The van der Waals surface area contributed by atoms with Gasteiger partial charge in [0, 0.05) is 12.6 Å². The van der Waals surface area contributed by atoms with E-state index in [1.165, 1.54) is 19.3 Å². The molecule has 1 amide bonds. The van der Waals surface area contributed by atoms with Gasteiger partial charge in [-0.25, -0.2) is 0 Å². The van der Waals surface area contributed by atoms with Gasteiger partial charge in [-0.05, 0) is 37.0 Å². The van der Waals surface area contributed by atoms with E-state index in [4.69, 9.17) is 5.73 Å². The summed E-state index contributed by atoms with van der Waals surface area (Å²) in [5.41, 5.74) is 6.14. The van der Waals surface area contributed by atoms with E-state index >= 15 is 0 Å². The van der Waals surface area contributed by atoms with E-state index in [-0.39, 0.29) is 17.9 Å². The Bertz CT molecular complexity index is 265. The number of nitrogens with one attached hydrogen (secondary N) is 1. The van der Waals surface area contributed by atoms with Gasteiger partial charge in [-0.15, -0.1) is 0 Å². The van der Waals surface area contributed by atoms with E-state index in [1.54, 1.807) is 0 Å². The molecule has 0 aliphatic heterocycles. The molecule has 3 N–H and O–H groups in total. The Morgan fingerprint density at radius 3 is 2.69 bits per heavy atom. The molecule has 5 atom stereocenters. The van der Waals surface area contributed by atoms with E-state index in [1.807, 2.05) is 0 Å². The van der Waals surface area contributed by atoms with Gasteiger partial charge in [0.05, 0.1) is 5.92 Å². The lowest BCUT2D eigenvalue weighted by Crippen LogP contribution is -2.46. The van der Waals surface area contributed by atoms with Crippen molar-refractivity contribution in [3.63, 3.8) is 0 Å². The number of amides is 1. The van der Waals surface area contributed by atoms with Gasteiger partial charge in [-0.2, -0.15) is 0 Å². The summed E-state index contributed by atoms with van der Waals surface area (Å²) in [5, 5.41) is 3.07. The second kappa shape index (κ2) is 4.74. The van der Waals surface area contributed by atoms with Crippen molar-refractivity contribution in [2.45, 2.75) is 45.6 Å². The number of carbonyl (C=O) groups is 1. The van der Waals surface area contributed by atoms with Crippen LogP contribution < -0.4 is 11.1 Å². The van der Waals surface area contributed by atoms with Crippen molar-refractivity contribution in [2.24, 2.45) is 29.4 Å². The fourth-order valence-corrected chi connectivity index (χ4v) is 3.26. The quantitative estimate of drug-likeness (QED) is 0.760. The first-order chi connectivity index (χ1) is 7.63. The maximum atomic E-state index is 12.1. The lowest BCUT2D eigenvalue weighted by molar-refractivity contribution is -0.127. The van der Waals surface area contributed by atoms with E-state index in [9.17, 15) is 4.79 Å². The second-order valence-electron chi connectivity index (χ2n) is 5.69. The van der Waals surface area contributed by atoms with Crippen LogP contribution in [0.5, 0.6) is 0 Å². The Hall–Kier alpha value is -0.570. The van der Waals surface area contributed by atoms with Gasteiger partial charge < -0.3 is 11.1 Å². The lowest BCUT2D eigenvalue weighted by atomic mass is 9.84. The van der Waals surface area contributed by atoms with Crippen LogP contribution in [0.1, 0.15) is 39.5 Å². The van der Waals surface area contributed by atoms with E-state index < -0.39 is 0 Å². The minimum Gasteiger partial charge on any atom is -0.356 e. The highest BCUT2D eigenvalue weighted by molar-refractivity contribution is 5.80. The molecule has 0 heterocycles. The number of hydrogen-bond acceptors (Lipinski definition) is 2. The molecule has 0 aromatic carbocycles. The van der Waals surface area contributed by atoms with Crippen LogP contribution in [-0.4, -0.2) is 18.5 Å². The van der Waals surface area contributed by atoms with Gasteiger partial charge in [-0.1, -0.05) is 20.3 Å². The molecule has 0 saturated heterocycles. The first-order valence-corrected chi connectivity index (χ1v) is 6.66. The topological polar surface area (TPSA) is 55.1 Å². The summed E-state index contributed by atoms with van der Waals surface area (Å²) in [6, 6.07) is 0.121. The highest BCUT2D eigenvalue weighted by atomic mass is 16.1. The summed E-state index contributed by atoms with van der Waals surface area (Å²) in [6.07, 6.45) is 4.74. The summed E-state index contributed by atoms with van der Waals surface area (Å²) < 4.78 is 0. The molecular formula is C13H24N2O. The van der Waals surface area contributed by atoms with Crippen molar-refractivity contribution < 1.29 is 4.79 Å². The third-order valence-electron chi connectivity index (χ3n) is 4.61. The molecule has 16 heavy (non-hydrogen) atoms. The van der Waals surface area contributed by atoms with Gasteiger partial charge in [0.2, 0.25) is 5.91 Å². The van der Waals surface area contributed by atoms with Crippen LogP contribution in [-0.2, 0) is 4.79 Å². The van der Waals surface area contributed by atoms with Gasteiger partial charge in [0.25, 0.3) is 0 Å². The summed E-state index contributed by atoms with van der Waals surface area (Å²) in [5.74, 6) is 2.06. The molecular weight excluding hydrogens is 200 g/mol. The predicted octanol–water partition coefficient (Wildman–Crippen LogP) is 1.52. The van der Waals surface area contributed by atoms with Gasteiger partial charge in [-0.3, -0.25) is 4.79 Å². The van der Waals surface area contributed by atoms with Gasteiger partial charge in [0.1, 0.15) is 0 Å². The fraction of sp³-hybridized carbons (Fsp3) is 0.923. The molecule has 2 rings (SSSR count). The molecule has 2 aliphatic carbocycles. The highest BCUT2D eigenvalue weighted by Gasteiger charge is 2.48. The number of nitrogens with two attached hydrogens (primary N) is 1. The third-order valence-corrected chi connectivity index (χ3v) is 4.61. The molecule has 3 heteroatoms. The summed E-state index contributed by atoms with van der Waals surface area (Å²) >= 11 is 0. The summed E-state index contributed by atoms with van der Waals surface area (Å²) in [7, 11) is 0. The van der Waals surface area contributed by atoms with Crippen molar-refractivity contribution in [3.05, 3.63) is 0 Å². The summed E-state index contributed by atoms with van der Waals surface area (Å²) in [4.78, 5) is 12.1. The minimum atomic E-state index is 0.0998. The molecule has 5 unspecified atom stereocenters. The lowest BCUT2D eigenvalue weighted by Gasteiger charge is -2.27. The number of rotatable bonds is 4. The maximum absolute atomic E-state index is 12.1. The Labute approximate surface area is 98.2 Å². The second-order valence-corrected chi connectivity index (χ2v) is 5.69. The molecule has 2 saturated carbocycles. The summed E-state index contributed by atoms with van der Waals surface area (Å²) in [6.45, 7) is 5.12. The van der Waals surface area contributed by atoms with Gasteiger partial charge in [0.15, 0.2) is 0 Å². The standard InChI is InChI=1S/C13H24N2O/c1-3-8(2)7-15-13(16)11-9-4-5-10(6-9)12(11)14/h8-12H,3-7,14H2,1-2H3,(H,15,16). The van der Waals surface area contributed by atoms with Crippen molar-refractivity contribution in [3.8, 4) is 0 Å². The molecule has 0 aromatic rings. The normalized spacial score (nSPS) is 38.7. The van der Waals surface area contributed by atoms with E-state index in [0.29, 0.717) is 17.8 Å². The fourth-order valence-electron chi connectivity index (χ4n) is 3.26. The van der Waals surface area contributed by atoms with Gasteiger partial charge >= 0.3 is 0 Å². The van der Waals surface area contributed by atoms with Crippen molar-refractivity contribution in [2.75, 3.05) is 6.54 Å². The van der Waals surface area contributed by atoms with E-state index in [2.05, 4.69) is 19.2 Å². The zero-order chi connectivity index (χ0) is 11.7.